The molecular weight excluding hydrogens is 354 g/mol. The summed E-state index contributed by atoms with van der Waals surface area (Å²) >= 11 is 1.56. The highest BCUT2D eigenvalue weighted by atomic mass is 32.1. The second-order valence-corrected chi connectivity index (χ2v) is 5.99. The van der Waals surface area contributed by atoms with Gasteiger partial charge < -0.3 is 14.2 Å². The van der Waals surface area contributed by atoms with Crippen molar-refractivity contribution in [2.45, 2.75) is 6.42 Å². The van der Waals surface area contributed by atoms with E-state index in [9.17, 15) is 0 Å². The maximum Gasteiger partial charge on any atom is 0.321 e. The lowest BCUT2D eigenvalue weighted by atomic mass is 10.1. The average Bonchev–Trinajstić information content (AvgIpc) is 3.22. The van der Waals surface area contributed by atoms with Gasteiger partial charge in [-0.15, -0.1) is 0 Å². The van der Waals surface area contributed by atoms with Gasteiger partial charge in [0.1, 0.15) is 0 Å². The number of rotatable bonds is 8. The van der Waals surface area contributed by atoms with Gasteiger partial charge in [-0.2, -0.15) is 26.3 Å². The molecule has 9 heteroatoms. The first-order valence-electron chi connectivity index (χ1n) is 7.82. The summed E-state index contributed by atoms with van der Waals surface area (Å²) in [5.41, 5.74) is 4.37. The van der Waals surface area contributed by atoms with E-state index >= 15 is 0 Å². The standard InChI is InChI=1S/C17H19N5O3S/c1-23-13-4-3-11(9-14(13)24-2)5-7-25-17-20-15(12-6-8-26-10-12)19-16(21-17)22-18/h3-4,6,8-10H,5,7,18H2,1-2H3,(H,19,20,21,22). The second-order valence-electron chi connectivity index (χ2n) is 5.21. The maximum absolute atomic E-state index is 5.69. The molecule has 0 saturated heterocycles. The highest BCUT2D eigenvalue weighted by Crippen LogP contribution is 2.27. The van der Waals surface area contributed by atoms with E-state index < -0.39 is 0 Å². The lowest BCUT2D eigenvalue weighted by molar-refractivity contribution is 0.295. The van der Waals surface area contributed by atoms with Crippen LogP contribution in [-0.4, -0.2) is 35.8 Å². The number of methoxy groups -OCH3 is 2. The smallest absolute Gasteiger partial charge is 0.321 e. The first-order valence-corrected chi connectivity index (χ1v) is 8.76. The van der Waals surface area contributed by atoms with E-state index in [4.69, 9.17) is 20.1 Å². The van der Waals surface area contributed by atoms with Gasteiger partial charge in [0, 0.05) is 17.4 Å². The van der Waals surface area contributed by atoms with Crippen LogP contribution in [0.4, 0.5) is 5.95 Å². The zero-order valence-electron chi connectivity index (χ0n) is 14.4. The molecule has 3 N–H and O–H groups in total. The van der Waals surface area contributed by atoms with Crippen molar-refractivity contribution in [3.8, 4) is 28.9 Å². The number of hydrogen-bond donors (Lipinski definition) is 2. The molecule has 0 aliphatic carbocycles. The summed E-state index contributed by atoms with van der Waals surface area (Å²) in [5.74, 6) is 7.57. The molecule has 26 heavy (non-hydrogen) atoms. The number of nitrogens with one attached hydrogen (secondary N) is 1. The van der Waals surface area contributed by atoms with Crippen LogP contribution in [0.1, 0.15) is 5.56 Å². The van der Waals surface area contributed by atoms with Crippen LogP contribution in [0.3, 0.4) is 0 Å². The zero-order chi connectivity index (χ0) is 18.4. The van der Waals surface area contributed by atoms with Crippen molar-refractivity contribution in [1.29, 1.82) is 0 Å². The van der Waals surface area contributed by atoms with E-state index in [0.29, 0.717) is 30.4 Å². The molecule has 0 radical (unpaired) electrons. The molecule has 0 amide bonds. The zero-order valence-corrected chi connectivity index (χ0v) is 15.2. The van der Waals surface area contributed by atoms with Crippen molar-refractivity contribution in [2.24, 2.45) is 5.84 Å². The topological polar surface area (TPSA) is 104 Å². The quantitative estimate of drug-likeness (QED) is 0.458. The van der Waals surface area contributed by atoms with Crippen LogP contribution < -0.4 is 25.5 Å². The van der Waals surface area contributed by atoms with Crippen molar-refractivity contribution in [2.75, 3.05) is 26.3 Å². The molecule has 0 aliphatic heterocycles. The third kappa shape index (κ3) is 4.19. The average molecular weight is 373 g/mol. The predicted octanol–water partition coefficient (Wildman–Crippen LogP) is 2.52. The summed E-state index contributed by atoms with van der Waals surface area (Å²) in [6.07, 6.45) is 0.658. The molecule has 0 saturated carbocycles. The van der Waals surface area contributed by atoms with Gasteiger partial charge in [-0.05, 0) is 29.1 Å². The van der Waals surface area contributed by atoms with Gasteiger partial charge in [-0.25, -0.2) is 5.84 Å². The summed E-state index contributed by atoms with van der Waals surface area (Å²) in [7, 11) is 3.21. The van der Waals surface area contributed by atoms with E-state index in [1.807, 2.05) is 35.0 Å². The molecule has 0 unspecified atom stereocenters. The summed E-state index contributed by atoms with van der Waals surface area (Å²) < 4.78 is 16.2. The van der Waals surface area contributed by atoms with Crippen LogP contribution in [-0.2, 0) is 6.42 Å². The summed E-state index contributed by atoms with van der Waals surface area (Å²) in [6, 6.07) is 7.88. The minimum atomic E-state index is 0.217. The van der Waals surface area contributed by atoms with Gasteiger partial charge in [-0.1, -0.05) is 6.07 Å². The minimum Gasteiger partial charge on any atom is -0.493 e. The Morgan fingerprint density at radius 3 is 2.62 bits per heavy atom. The number of nitrogens with two attached hydrogens (primary N) is 1. The molecule has 0 spiro atoms. The summed E-state index contributed by atoms with van der Waals surface area (Å²) in [6.45, 7) is 0.395. The number of aromatic nitrogens is 3. The molecule has 0 atom stereocenters. The Kier molecular flexibility index (Phi) is 5.82. The number of hydrogen-bond acceptors (Lipinski definition) is 9. The highest BCUT2D eigenvalue weighted by molar-refractivity contribution is 7.08. The van der Waals surface area contributed by atoms with E-state index in [-0.39, 0.29) is 12.0 Å². The predicted molar refractivity (Wildman–Crippen MR) is 99.7 cm³/mol. The fourth-order valence-corrected chi connectivity index (χ4v) is 2.94. The molecule has 0 aliphatic rings. The monoisotopic (exact) mass is 373 g/mol. The summed E-state index contributed by atoms with van der Waals surface area (Å²) in [5, 5.41) is 3.90. The third-order valence-electron chi connectivity index (χ3n) is 3.59. The van der Waals surface area contributed by atoms with Crippen LogP contribution in [0.15, 0.2) is 35.0 Å². The second kappa shape index (κ2) is 8.45. The van der Waals surface area contributed by atoms with Crippen LogP contribution in [0, 0.1) is 0 Å². The van der Waals surface area contributed by atoms with Crippen molar-refractivity contribution >= 4 is 17.3 Å². The number of ether oxygens (including phenoxy) is 3. The number of anilines is 1. The normalized spacial score (nSPS) is 10.4. The van der Waals surface area contributed by atoms with Crippen molar-refractivity contribution in [3.05, 3.63) is 40.6 Å². The molecule has 1 aromatic carbocycles. The maximum atomic E-state index is 5.69. The Bertz CT molecular complexity index is 858. The lowest BCUT2D eigenvalue weighted by Gasteiger charge is -2.10. The fraction of sp³-hybridized carbons (Fsp3) is 0.235. The SMILES string of the molecule is COc1ccc(CCOc2nc(NN)nc(-c3ccsc3)n2)cc1OC. The Hall–Kier alpha value is -2.91. The number of hydrazine groups is 1. The Balaban J connectivity index is 1.69. The van der Waals surface area contributed by atoms with Gasteiger partial charge in [0.15, 0.2) is 17.3 Å². The van der Waals surface area contributed by atoms with E-state index in [1.54, 1.807) is 25.6 Å². The van der Waals surface area contributed by atoms with E-state index in [1.165, 1.54) is 0 Å². The number of benzene rings is 1. The van der Waals surface area contributed by atoms with Gasteiger partial charge in [-0.3, -0.25) is 5.43 Å². The van der Waals surface area contributed by atoms with Gasteiger partial charge in [0.2, 0.25) is 5.95 Å². The highest BCUT2D eigenvalue weighted by Gasteiger charge is 2.10. The molecule has 2 aromatic heterocycles. The number of thiophene rings is 1. The fourth-order valence-electron chi connectivity index (χ4n) is 2.30. The molecular formula is C17H19N5O3S. The minimum absolute atomic E-state index is 0.217. The molecule has 2 heterocycles. The first kappa shape index (κ1) is 17.9. The van der Waals surface area contributed by atoms with Crippen molar-refractivity contribution in [3.63, 3.8) is 0 Å². The lowest BCUT2D eigenvalue weighted by Crippen LogP contribution is -2.13. The molecule has 0 bridgehead atoms. The number of nitrogens with zero attached hydrogens (tertiary/aromatic N) is 3. The third-order valence-corrected chi connectivity index (χ3v) is 4.28. The van der Waals surface area contributed by atoms with Gasteiger partial charge >= 0.3 is 6.01 Å². The first-order chi connectivity index (χ1) is 12.7. The Morgan fingerprint density at radius 1 is 1.08 bits per heavy atom. The van der Waals surface area contributed by atoms with Crippen LogP contribution >= 0.6 is 11.3 Å². The van der Waals surface area contributed by atoms with Crippen LogP contribution in [0.25, 0.3) is 11.4 Å². The van der Waals surface area contributed by atoms with Crippen LogP contribution in [0.5, 0.6) is 17.5 Å². The Morgan fingerprint density at radius 2 is 1.92 bits per heavy atom. The van der Waals surface area contributed by atoms with Gasteiger partial charge in [0.05, 0.1) is 20.8 Å². The van der Waals surface area contributed by atoms with Crippen molar-refractivity contribution in [1.82, 2.24) is 15.0 Å². The van der Waals surface area contributed by atoms with Gasteiger partial charge in [0.25, 0.3) is 0 Å². The Labute approximate surface area is 155 Å². The van der Waals surface area contributed by atoms with Crippen LogP contribution in [0.2, 0.25) is 0 Å². The van der Waals surface area contributed by atoms with E-state index in [2.05, 4.69) is 20.4 Å². The molecule has 3 aromatic rings. The largest absolute Gasteiger partial charge is 0.493 e. The number of nitrogen functional groups attached to an aromatic ring is 1. The van der Waals surface area contributed by atoms with Crippen molar-refractivity contribution < 1.29 is 14.2 Å². The molecule has 8 nitrogen and oxygen atoms in total. The molecule has 3 rings (SSSR count). The van der Waals surface area contributed by atoms with E-state index in [0.717, 1.165) is 11.1 Å². The molecule has 136 valence electrons. The summed E-state index contributed by atoms with van der Waals surface area (Å²) in [4.78, 5) is 12.7. The molecule has 0 fully saturated rings.